The van der Waals surface area contributed by atoms with Crippen molar-refractivity contribution < 1.29 is 23.5 Å². The summed E-state index contributed by atoms with van der Waals surface area (Å²) in [5, 5.41) is 1.96. The summed E-state index contributed by atoms with van der Waals surface area (Å²) in [7, 11) is 0. The lowest BCUT2D eigenvalue weighted by molar-refractivity contribution is -0.146. The summed E-state index contributed by atoms with van der Waals surface area (Å²) in [6.45, 7) is 1.62. The smallest absolute Gasteiger partial charge is 0.319 e. The number of nitrogens with one attached hydrogen (secondary N) is 1. The van der Waals surface area contributed by atoms with Gasteiger partial charge in [0, 0.05) is 16.8 Å². The normalized spacial score (nSPS) is 12.4. The molecule has 0 bridgehead atoms. The van der Waals surface area contributed by atoms with Crippen LogP contribution < -0.4 is 5.32 Å². The quantitative estimate of drug-likeness (QED) is 0.364. The van der Waals surface area contributed by atoms with E-state index in [1.165, 1.54) is 24.3 Å². The molecule has 3 aromatic rings. The molecule has 3 aromatic carbocycles. The van der Waals surface area contributed by atoms with E-state index in [1.54, 1.807) is 61.5 Å². The van der Waals surface area contributed by atoms with Crippen LogP contribution in [0.4, 0.5) is 10.1 Å². The molecule has 0 fully saturated rings. The first-order valence-corrected chi connectivity index (χ1v) is 11.0. The van der Waals surface area contributed by atoms with Gasteiger partial charge in [-0.25, -0.2) is 4.39 Å². The van der Waals surface area contributed by atoms with Crippen molar-refractivity contribution in [1.29, 1.82) is 0 Å². The maximum atomic E-state index is 13.0. The van der Waals surface area contributed by atoms with Gasteiger partial charge in [-0.05, 0) is 31.2 Å². The Kier molecular flexibility index (Phi) is 8.16. The lowest BCUT2D eigenvalue weighted by atomic mass is 10.00. The highest BCUT2D eigenvalue weighted by atomic mass is 32.2. The summed E-state index contributed by atoms with van der Waals surface area (Å²) in [4.78, 5) is 37.9. The molecule has 0 spiro atoms. The van der Waals surface area contributed by atoms with Gasteiger partial charge in [0.1, 0.15) is 11.1 Å². The average Bonchev–Trinajstić information content (AvgIpc) is 2.83. The summed E-state index contributed by atoms with van der Waals surface area (Å²) >= 11 is 1.09. The van der Waals surface area contributed by atoms with Crippen LogP contribution in [0.5, 0.6) is 0 Å². The average molecular weight is 452 g/mol. The number of carbonyl (C=O) groups is 3. The molecule has 0 saturated heterocycles. The molecule has 2 atom stereocenters. The molecule has 0 aromatic heterocycles. The molecule has 0 radical (unpaired) electrons. The monoisotopic (exact) mass is 451 g/mol. The van der Waals surface area contributed by atoms with Gasteiger partial charge in [-0.15, -0.1) is 11.8 Å². The number of amides is 1. The molecule has 32 heavy (non-hydrogen) atoms. The summed E-state index contributed by atoms with van der Waals surface area (Å²) < 4.78 is 18.6. The number of ether oxygens (including phenoxy) is 1. The van der Waals surface area contributed by atoms with E-state index in [9.17, 15) is 18.8 Å². The van der Waals surface area contributed by atoms with Crippen molar-refractivity contribution in [3.63, 3.8) is 0 Å². The summed E-state index contributed by atoms with van der Waals surface area (Å²) in [5.74, 6) is -1.65. The van der Waals surface area contributed by atoms with Crippen LogP contribution in [0.25, 0.3) is 0 Å². The van der Waals surface area contributed by atoms with Gasteiger partial charge in [0.05, 0.1) is 5.75 Å². The van der Waals surface area contributed by atoms with Gasteiger partial charge < -0.3 is 10.1 Å². The lowest BCUT2D eigenvalue weighted by Gasteiger charge is -2.19. The molecule has 1 N–H and O–H groups in total. The zero-order valence-corrected chi connectivity index (χ0v) is 18.2. The molecule has 0 aliphatic rings. The van der Waals surface area contributed by atoms with Crippen molar-refractivity contribution in [1.82, 2.24) is 0 Å². The van der Waals surface area contributed by atoms with E-state index in [1.807, 2.05) is 6.07 Å². The van der Waals surface area contributed by atoms with Crippen molar-refractivity contribution in [3.05, 3.63) is 102 Å². The lowest BCUT2D eigenvalue weighted by Crippen LogP contribution is -2.26. The number of hydrogen-bond donors (Lipinski definition) is 1. The number of carbonyl (C=O) groups excluding carboxylic acids is 3. The maximum Gasteiger partial charge on any atom is 0.319 e. The second kappa shape index (κ2) is 11.2. The number of rotatable bonds is 9. The van der Waals surface area contributed by atoms with Crippen LogP contribution in [-0.2, 0) is 14.3 Å². The minimum atomic E-state index is -1.08. The van der Waals surface area contributed by atoms with E-state index in [0.717, 1.165) is 11.8 Å². The fraction of sp³-hybridized carbons (Fsp3) is 0.160. The highest BCUT2D eigenvalue weighted by Gasteiger charge is 2.28. The Bertz CT molecular complexity index is 1060. The number of esters is 1. The first-order valence-electron chi connectivity index (χ1n) is 9.96. The Balaban J connectivity index is 1.61. The Morgan fingerprint density at radius 1 is 0.906 bits per heavy atom. The highest BCUT2D eigenvalue weighted by Crippen LogP contribution is 2.25. The first-order chi connectivity index (χ1) is 15.4. The van der Waals surface area contributed by atoms with Gasteiger partial charge in [-0.3, -0.25) is 14.4 Å². The minimum Gasteiger partial charge on any atom is -0.448 e. The van der Waals surface area contributed by atoms with Crippen LogP contribution in [0.15, 0.2) is 84.9 Å². The molecule has 164 valence electrons. The minimum absolute atomic E-state index is 0.00369. The highest BCUT2D eigenvalue weighted by molar-refractivity contribution is 8.01. The van der Waals surface area contributed by atoms with Crippen molar-refractivity contribution >= 4 is 35.1 Å². The van der Waals surface area contributed by atoms with E-state index < -0.39 is 23.1 Å². The van der Waals surface area contributed by atoms with E-state index >= 15 is 0 Å². The number of benzene rings is 3. The van der Waals surface area contributed by atoms with Gasteiger partial charge in [0.15, 0.2) is 6.10 Å². The third-order valence-electron chi connectivity index (χ3n) is 4.56. The van der Waals surface area contributed by atoms with Gasteiger partial charge >= 0.3 is 5.97 Å². The Morgan fingerprint density at radius 2 is 1.50 bits per heavy atom. The van der Waals surface area contributed by atoms with Crippen LogP contribution >= 0.6 is 11.8 Å². The molecule has 1 amide bonds. The SMILES string of the molecule is CC(SCC(=O)Nc1ccc(F)cc1)C(=O)OC(C(=O)c1ccccc1)c1ccccc1. The van der Waals surface area contributed by atoms with Crippen LogP contribution in [0.1, 0.15) is 28.9 Å². The van der Waals surface area contributed by atoms with Crippen molar-refractivity contribution in [2.75, 3.05) is 11.1 Å². The van der Waals surface area contributed by atoms with Crippen LogP contribution in [0.2, 0.25) is 0 Å². The number of Topliss-reactive ketones (excluding diaryl/α,β-unsaturated/α-hetero) is 1. The predicted octanol–water partition coefficient (Wildman–Crippen LogP) is 5.05. The summed E-state index contributed by atoms with van der Waals surface area (Å²) in [6, 6.07) is 22.8. The zero-order chi connectivity index (χ0) is 22.9. The fourth-order valence-electron chi connectivity index (χ4n) is 2.87. The number of ketones is 1. The van der Waals surface area contributed by atoms with Crippen LogP contribution in [0, 0.1) is 5.82 Å². The first kappa shape index (κ1) is 23.2. The molecule has 5 nitrogen and oxygen atoms in total. The standard InChI is InChI=1S/C25H22FNO4S/c1-17(32-16-22(28)27-21-14-12-20(26)13-15-21)25(30)31-24(19-10-6-3-7-11-19)23(29)18-8-4-2-5-9-18/h2-15,17,24H,16H2,1H3,(H,27,28). The summed E-state index contributed by atoms with van der Waals surface area (Å²) in [5.41, 5.74) is 1.47. The van der Waals surface area contributed by atoms with Crippen molar-refractivity contribution in [2.45, 2.75) is 18.3 Å². The topological polar surface area (TPSA) is 72.5 Å². The summed E-state index contributed by atoms with van der Waals surface area (Å²) in [6.07, 6.45) is -1.08. The van der Waals surface area contributed by atoms with Gasteiger partial charge in [-0.2, -0.15) is 0 Å². The number of thioether (sulfide) groups is 1. The van der Waals surface area contributed by atoms with Crippen LogP contribution in [-0.4, -0.2) is 28.7 Å². The Morgan fingerprint density at radius 3 is 2.12 bits per heavy atom. The Hall–Kier alpha value is -3.45. The van der Waals surface area contributed by atoms with E-state index in [4.69, 9.17) is 4.74 Å². The molecule has 3 rings (SSSR count). The van der Waals surface area contributed by atoms with E-state index in [0.29, 0.717) is 16.8 Å². The van der Waals surface area contributed by atoms with Gasteiger partial charge in [-0.1, -0.05) is 60.7 Å². The molecule has 0 heterocycles. The van der Waals surface area contributed by atoms with Gasteiger partial charge in [0.2, 0.25) is 11.7 Å². The van der Waals surface area contributed by atoms with Crippen molar-refractivity contribution in [2.24, 2.45) is 0 Å². The molecule has 0 saturated carbocycles. The van der Waals surface area contributed by atoms with Crippen molar-refractivity contribution in [3.8, 4) is 0 Å². The van der Waals surface area contributed by atoms with Gasteiger partial charge in [0.25, 0.3) is 0 Å². The maximum absolute atomic E-state index is 13.0. The largest absolute Gasteiger partial charge is 0.448 e. The molecule has 0 aliphatic carbocycles. The number of halogens is 1. The zero-order valence-electron chi connectivity index (χ0n) is 17.4. The molecule has 2 unspecified atom stereocenters. The second-order valence-electron chi connectivity index (χ2n) is 6.97. The molecule has 0 aliphatic heterocycles. The molecular weight excluding hydrogens is 429 g/mol. The third kappa shape index (κ3) is 6.52. The molecular formula is C25H22FNO4S. The second-order valence-corrected chi connectivity index (χ2v) is 8.30. The third-order valence-corrected chi connectivity index (χ3v) is 5.68. The Labute approximate surface area is 190 Å². The molecule has 7 heteroatoms. The number of anilines is 1. The van der Waals surface area contributed by atoms with Crippen LogP contribution in [0.3, 0.4) is 0 Å². The van der Waals surface area contributed by atoms with E-state index in [-0.39, 0.29) is 17.4 Å². The predicted molar refractivity (Wildman–Crippen MR) is 123 cm³/mol. The fourth-order valence-corrected chi connectivity index (χ4v) is 3.53. The number of hydrogen-bond acceptors (Lipinski definition) is 5. The van der Waals surface area contributed by atoms with E-state index in [2.05, 4.69) is 5.32 Å².